The van der Waals surface area contributed by atoms with Gasteiger partial charge in [0.25, 0.3) is 0 Å². The van der Waals surface area contributed by atoms with Crippen molar-refractivity contribution in [2.75, 3.05) is 38.2 Å². The standard InChI is InChI=1S/C13H25N3O2S/c1-15(11-4-8-19(17,18)9-11)13(10-14)5-7-16-6-2-3-12(13)16/h11-12H,2-10,14H2,1H3. The van der Waals surface area contributed by atoms with Crippen LogP contribution in [0.5, 0.6) is 0 Å². The lowest BCUT2D eigenvalue weighted by molar-refractivity contribution is 0.0600. The molecular formula is C13H25N3O2S. The lowest BCUT2D eigenvalue weighted by atomic mass is 9.85. The van der Waals surface area contributed by atoms with E-state index >= 15 is 0 Å². The fourth-order valence-electron chi connectivity index (χ4n) is 4.44. The summed E-state index contributed by atoms with van der Waals surface area (Å²) in [4.78, 5) is 4.88. The Morgan fingerprint density at radius 3 is 2.79 bits per heavy atom. The highest BCUT2D eigenvalue weighted by Gasteiger charge is 2.52. The van der Waals surface area contributed by atoms with Crippen LogP contribution in [0, 0.1) is 0 Å². The molecule has 3 aliphatic rings. The van der Waals surface area contributed by atoms with Crippen molar-refractivity contribution in [3.63, 3.8) is 0 Å². The van der Waals surface area contributed by atoms with Crippen molar-refractivity contribution in [3.8, 4) is 0 Å². The fraction of sp³-hybridized carbons (Fsp3) is 1.00. The third-order valence-electron chi connectivity index (χ3n) is 5.63. The number of likely N-dealkylation sites (N-methyl/N-ethyl adjacent to an activating group) is 1. The fourth-order valence-corrected chi connectivity index (χ4v) is 6.22. The summed E-state index contributed by atoms with van der Waals surface area (Å²) >= 11 is 0. The molecule has 3 heterocycles. The van der Waals surface area contributed by atoms with Gasteiger partial charge in [0.1, 0.15) is 0 Å². The summed E-state index contributed by atoms with van der Waals surface area (Å²) in [5, 5.41) is 0. The Morgan fingerprint density at radius 2 is 2.16 bits per heavy atom. The van der Waals surface area contributed by atoms with Gasteiger partial charge in [0.2, 0.25) is 0 Å². The van der Waals surface area contributed by atoms with Gasteiger partial charge in [0, 0.05) is 30.7 Å². The zero-order valence-electron chi connectivity index (χ0n) is 11.7. The topological polar surface area (TPSA) is 66.6 Å². The molecule has 3 saturated heterocycles. The monoisotopic (exact) mass is 287 g/mol. The van der Waals surface area contributed by atoms with Crippen LogP contribution in [0.4, 0.5) is 0 Å². The number of hydrogen-bond acceptors (Lipinski definition) is 5. The van der Waals surface area contributed by atoms with E-state index in [0.717, 1.165) is 19.4 Å². The minimum Gasteiger partial charge on any atom is -0.329 e. The van der Waals surface area contributed by atoms with E-state index in [4.69, 9.17) is 5.73 Å². The van der Waals surface area contributed by atoms with E-state index < -0.39 is 9.84 Å². The summed E-state index contributed by atoms with van der Waals surface area (Å²) in [6, 6.07) is 0.694. The molecule has 0 radical (unpaired) electrons. The minimum absolute atomic E-state index is 0.00102. The summed E-state index contributed by atoms with van der Waals surface area (Å²) in [5.74, 6) is 0.662. The lowest BCUT2D eigenvalue weighted by Gasteiger charge is -2.45. The molecule has 3 atom stereocenters. The zero-order chi connectivity index (χ0) is 13.7. The second kappa shape index (κ2) is 4.69. The molecule has 0 aromatic heterocycles. The van der Waals surface area contributed by atoms with Gasteiger partial charge in [0.15, 0.2) is 9.84 Å². The summed E-state index contributed by atoms with van der Waals surface area (Å²) < 4.78 is 23.4. The maximum atomic E-state index is 11.7. The molecule has 0 amide bonds. The normalized spacial score (nSPS) is 42.1. The number of sulfone groups is 1. The van der Waals surface area contributed by atoms with Crippen LogP contribution in [0.3, 0.4) is 0 Å². The van der Waals surface area contributed by atoms with E-state index in [2.05, 4.69) is 16.8 Å². The Kier molecular flexibility index (Phi) is 3.40. The molecule has 3 aliphatic heterocycles. The molecule has 0 bridgehead atoms. The molecule has 2 N–H and O–H groups in total. The van der Waals surface area contributed by atoms with Crippen LogP contribution in [-0.4, -0.2) is 74.0 Å². The smallest absolute Gasteiger partial charge is 0.151 e. The van der Waals surface area contributed by atoms with Gasteiger partial charge < -0.3 is 5.73 Å². The third-order valence-corrected chi connectivity index (χ3v) is 7.38. The molecule has 3 rings (SSSR count). The molecule has 3 fully saturated rings. The van der Waals surface area contributed by atoms with Crippen molar-refractivity contribution in [2.45, 2.75) is 43.3 Å². The van der Waals surface area contributed by atoms with E-state index in [1.165, 1.54) is 19.4 Å². The van der Waals surface area contributed by atoms with Gasteiger partial charge in [-0.15, -0.1) is 0 Å². The summed E-state index contributed by atoms with van der Waals surface area (Å²) in [7, 11) is -0.726. The van der Waals surface area contributed by atoms with E-state index in [1.54, 1.807) is 0 Å². The molecule has 5 nitrogen and oxygen atoms in total. The predicted octanol–water partition coefficient (Wildman–Crippen LogP) is -0.329. The van der Waals surface area contributed by atoms with Crippen molar-refractivity contribution in [2.24, 2.45) is 5.73 Å². The molecule has 3 unspecified atom stereocenters. The van der Waals surface area contributed by atoms with E-state index in [-0.39, 0.29) is 11.6 Å². The SMILES string of the molecule is CN(C1CCS(=O)(=O)C1)C1(CN)CCN2CCCC21. The Hall–Kier alpha value is -0.170. The third kappa shape index (κ3) is 2.13. The van der Waals surface area contributed by atoms with E-state index in [9.17, 15) is 8.42 Å². The number of hydrogen-bond donors (Lipinski definition) is 1. The first-order valence-corrected chi connectivity index (χ1v) is 9.18. The van der Waals surface area contributed by atoms with Crippen molar-refractivity contribution < 1.29 is 8.42 Å². The average molecular weight is 287 g/mol. The average Bonchev–Trinajstić information content (AvgIpc) is 3.02. The highest BCUT2D eigenvalue weighted by atomic mass is 32.2. The maximum absolute atomic E-state index is 11.7. The van der Waals surface area contributed by atoms with Crippen molar-refractivity contribution in [1.29, 1.82) is 0 Å². The molecule has 110 valence electrons. The minimum atomic E-state index is -2.82. The second-order valence-electron chi connectivity index (χ2n) is 6.42. The Morgan fingerprint density at radius 1 is 1.37 bits per heavy atom. The highest BCUT2D eigenvalue weighted by Crippen LogP contribution is 2.41. The van der Waals surface area contributed by atoms with Crippen LogP contribution in [0.1, 0.15) is 25.7 Å². The molecular weight excluding hydrogens is 262 g/mol. The van der Waals surface area contributed by atoms with Crippen molar-refractivity contribution in [1.82, 2.24) is 9.80 Å². The van der Waals surface area contributed by atoms with Crippen LogP contribution in [-0.2, 0) is 9.84 Å². The molecule has 6 heteroatoms. The van der Waals surface area contributed by atoms with Gasteiger partial charge in [0.05, 0.1) is 11.5 Å². The van der Waals surface area contributed by atoms with Crippen LogP contribution in [0.15, 0.2) is 0 Å². The Balaban J connectivity index is 1.82. The Labute approximate surface area is 116 Å². The molecule has 0 aromatic rings. The zero-order valence-corrected chi connectivity index (χ0v) is 12.5. The first-order chi connectivity index (χ1) is 8.98. The van der Waals surface area contributed by atoms with E-state index in [1.807, 2.05) is 0 Å². The number of rotatable bonds is 3. The highest BCUT2D eigenvalue weighted by molar-refractivity contribution is 7.91. The van der Waals surface area contributed by atoms with Gasteiger partial charge in [-0.1, -0.05) is 0 Å². The molecule has 0 saturated carbocycles. The van der Waals surface area contributed by atoms with Crippen LogP contribution < -0.4 is 5.73 Å². The first kappa shape index (κ1) is 13.8. The molecule has 19 heavy (non-hydrogen) atoms. The predicted molar refractivity (Wildman–Crippen MR) is 75.8 cm³/mol. The second-order valence-corrected chi connectivity index (χ2v) is 8.65. The summed E-state index contributed by atoms with van der Waals surface area (Å²) in [6.07, 6.45) is 4.32. The quantitative estimate of drug-likeness (QED) is 0.770. The molecule has 0 aromatic carbocycles. The van der Waals surface area contributed by atoms with Crippen LogP contribution in [0.2, 0.25) is 0 Å². The summed E-state index contributed by atoms with van der Waals surface area (Å²) in [6.45, 7) is 2.94. The number of nitrogens with two attached hydrogens (primary N) is 1. The van der Waals surface area contributed by atoms with Gasteiger partial charge in [-0.05, 0) is 39.3 Å². The summed E-state index contributed by atoms with van der Waals surface area (Å²) in [5.41, 5.74) is 6.14. The lowest BCUT2D eigenvalue weighted by Crippen LogP contribution is -2.61. The van der Waals surface area contributed by atoms with Crippen molar-refractivity contribution in [3.05, 3.63) is 0 Å². The van der Waals surface area contributed by atoms with Gasteiger partial charge in [-0.3, -0.25) is 9.80 Å². The Bertz CT molecular complexity index is 453. The van der Waals surface area contributed by atoms with Crippen molar-refractivity contribution >= 4 is 9.84 Å². The van der Waals surface area contributed by atoms with E-state index in [0.29, 0.717) is 24.1 Å². The van der Waals surface area contributed by atoms with Gasteiger partial charge >= 0.3 is 0 Å². The number of fused-ring (bicyclic) bond motifs is 1. The molecule has 0 spiro atoms. The molecule has 0 aliphatic carbocycles. The van der Waals surface area contributed by atoms with Crippen LogP contribution >= 0.6 is 0 Å². The maximum Gasteiger partial charge on any atom is 0.151 e. The van der Waals surface area contributed by atoms with Crippen LogP contribution in [0.25, 0.3) is 0 Å². The largest absolute Gasteiger partial charge is 0.329 e. The number of nitrogens with zero attached hydrogens (tertiary/aromatic N) is 2. The van der Waals surface area contributed by atoms with Gasteiger partial charge in [-0.25, -0.2) is 8.42 Å². The van der Waals surface area contributed by atoms with Gasteiger partial charge in [-0.2, -0.15) is 0 Å². The first-order valence-electron chi connectivity index (χ1n) is 7.36.